The number of anilines is 3. The summed E-state index contributed by atoms with van der Waals surface area (Å²) in [6, 6.07) is 22.3. The summed E-state index contributed by atoms with van der Waals surface area (Å²) in [6.07, 6.45) is 6.17. The SMILES string of the molecule is O=C1CCC(N2Cc3cc(NC4CCN(c5cccc(-c6cnc7ccc(N8CCCC8c8cccc(F)c8)nn67)n5)CC4)ccc3C2=O)C(=O)N1. The number of aromatic nitrogens is 4. The van der Waals surface area contributed by atoms with Crippen LogP contribution in [0.1, 0.15) is 66.1 Å². The number of imide groups is 1. The lowest BCUT2D eigenvalue weighted by Crippen LogP contribution is -2.52. The van der Waals surface area contributed by atoms with E-state index in [1.807, 2.05) is 65.3 Å². The molecule has 2 atom stereocenters. The molecule has 5 aromatic rings. The van der Waals surface area contributed by atoms with Crippen LogP contribution in [0, 0.1) is 5.82 Å². The number of nitrogens with zero attached hydrogens (tertiary/aromatic N) is 7. The van der Waals surface area contributed by atoms with Crippen molar-refractivity contribution in [3.8, 4) is 11.4 Å². The molecular weight excluding hydrogens is 661 g/mol. The van der Waals surface area contributed by atoms with Gasteiger partial charge in [-0.3, -0.25) is 19.7 Å². The number of rotatable bonds is 7. The number of imidazole rings is 1. The summed E-state index contributed by atoms with van der Waals surface area (Å²) in [7, 11) is 0. The van der Waals surface area contributed by atoms with Crippen LogP contribution in [0.4, 0.5) is 21.7 Å². The molecule has 2 N–H and O–H groups in total. The highest BCUT2D eigenvalue weighted by Crippen LogP contribution is 2.36. The molecule has 4 aliphatic heterocycles. The molecule has 7 heterocycles. The summed E-state index contributed by atoms with van der Waals surface area (Å²) in [4.78, 5) is 53.0. The Hall–Kier alpha value is -5.85. The van der Waals surface area contributed by atoms with Gasteiger partial charge in [-0.15, -0.1) is 5.10 Å². The van der Waals surface area contributed by atoms with Crippen LogP contribution in [0.25, 0.3) is 17.0 Å². The van der Waals surface area contributed by atoms with Crippen molar-refractivity contribution in [2.45, 2.75) is 63.2 Å². The summed E-state index contributed by atoms with van der Waals surface area (Å²) in [6.45, 7) is 2.85. The Bertz CT molecular complexity index is 2210. The number of hydrogen-bond donors (Lipinski definition) is 2. The monoisotopic (exact) mass is 699 g/mol. The zero-order valence-corrected chi connectivity index (χ0v) is 28.5. The number of halogens is 1. The second-order valence-electron chi connectivity index (χ2n) is 14.1. The van der Waals surface area contributed by atoms with E-state index in [2.05, 4.69) is 25.4 Å². The number of nitrogens with one attached hydrogen (secondary N) is 2. The summed E-state index contributed by atoms with van der Waals surface area (Å²) >= 11 is 0. The first-order valence-electron chi connectivity index (χ1n) is 18.0. The highest BCUT2D eigenvalue weighted by atomic mass is 19.1. The van der Waals surface area contributed by atoms with Crippen LogP contribution in [-0.4, -0.2) is 73.9 Å². The second kappa shape index (κ2) is 13.0. The van der Waals surface area contributed by atoms with E-state index in [0.29, 0.717) is 18.5 Å². The van der Waals surface area contributed by atoms with Gasteiger partial charge in [-0.1, -0.05) is 18.2 Å². The van der Waals surface area contributed by atoms with Gasteiger partial charge in [-0.25, -0.2) is 18.9 Å². The Morgan fingerprint density at radius 1 is 0.827 bits per heavy atom. The highest BCUT2D eigenvalue weighted by molar-refractivity contribution is 6.05. The lowest BCUT2D eigenvalue weighted by molar-refractivity contribution is -0.136. The fraction of sp³-hybridized carbons (Fsp3) is 0.333. The van der Waals surface area contributed by atoms with E-state index in [-0.39, 0.29) is 36.1 Å². The molecule has 13 heteroatoms. The first-order chi connectivity index (χ1) is 25.4. The third-order valence-electron chi connectivity index (χ3n) is 10.8. The quantitative estimate of drug-likeness (QED) is 0.223. The van der Waals surface area contributed by atoms with Gasteiger partial charge in [-0.2, -0.15) is 0 Å². The molecule has 9 rings (SSSR count). The number of piperidine rings is 2. The normalized spacial score (nSPS) is 20.9. The average molecular weight is 700 g/mol. The van der Waals surface area contributed by atoms with E-state index in [1.54, 1.807) is 17.0 Å². The Morgan fingerprint density at radius 2 is 1.69 bits per heavy atom. The van der Waals surface area contributed by atoms with E-state index in [4.69, 9.17) is 10.1 Å². The Labute approximate surface area is 299 Å². The lowest BCUT2D eigenvalue weighted by Gasteiger charge is -2.33. The van der Waals surface area contributed by atoms with Gasteiger partial charge >= 0.3 is 0 Å². The number of benzene rings is 2. The van der Waals surface area contributed by atoms with Crippen molar-refractivity contribution < 1.29 is 18.8 Å². The molecule has 2 aromatic carbocycles. The van der Waals surface area contributed by atoms with Gasteiger partial charge in [-0.05, 0) is 97.8 Å². The minimum absolute atomic E-state index is 0.0637. The van der Waals surface area contributed by atoms with Crippen LogP contribution in [0.5, 0.6) is 0 Å². The standard InChI is InChI=1S/C39H38FN9O3/c40-26-5-1-4-24(20-26)31-7-3-17-47(31)36-13-12-34-41-22-33(49(34)45-36)30-6-2-8-35(43-30)46-18-15-27(16-19-46)42-28-9-10-29-25(21-28)23-48(39(29)52)32-11-14-37(50)44-38(32)51/h1-2,4-6,8-10,12-13,20-22,27,31-32,42H,3,7,11,14-19,23H2,(H,44,50,51). The molecule has 3 amide bonds. The Kier molecular flexibility index (Phi) is 8.05. The molecule has 0 radical (unpaired) electrons. The van der Waals surface area contributed by atoms with Gasteiger partial charge in [0.25, 0.3) is 5.91 Å². The maximum atomic E-state index is 14.1. The number of carbonyl (C=O) groups is 3. The maximum Gasteiger partial charge on any atom is 0.255 e. The van der Waals surface area contributed by atoms with Crippen molar-refractivity contribution in [2.75, 3.05) is 34.8 Å². The molecule has 3 aromatic heterocycles. The smallest absolute Gasteiger partial charge is 0.255 e. The first kappa shape index (κ1) is 32.1. The highest BCUT2D eigenvalue weighted by Gasteiger charge is 2.39. The number of amides is 3. The van der Waals surface area contributed by atoms with Gasteiger partial charge in [0, 0.05) is 49.9 Å². The van der Waals surface area contributed by atoms with E-state index < -0.39 is 11.9 Å². The first-order valence-corrected chi connectivity index (χ1v) is 18.0. The molecule has 0 aliphatic carbocycles. The van der Waals surface area contributed by atoms with E-state index >= 15 is 0 Å². The molecule has 52 heavy (non-hydrogen) atoms. The third-order valence-corrected chi connectivity index (χ3v) is 10.8. The van der Waals surface area contributed by atoms with Crippen LogP contribution in [0.15, 0.2) is 79.0 Å². The fourth-order valence-electron chi connectivity index (χ4n) is 8.19. The Morgan fingerprint density at radius 3 is 2.54 bits per heavy atom. The number of pyridine rings is 1. The predicted molar refractivity (Wildman–Crippen MR) is 193 cm³/mol. The number of hydrogen-bond acceptors (Lipinski definition) is 9. The molecule has 4 aliphatic rings. The van der Waals surface area contributed by atoms with E-state index in [0.717, 1.165) is 90.8 Å². The predicted octanol–water partition coefficient (Wildman–Crippen LogP) is 5.11. The zero-order chi connectivity index (χ0) is 35.3. The molecule has 2 unspecified atom stereocenters. The Balaban J connectivity index is 0.863. The van der Waals surface area contributed by atoms with Crippen molar-refractivity contribution in [3.63, 3.8) is 0 Å². The molecule has 3 fully saturated rings. The van der Waals surface area contributed by atoms with Crippen LogP contribution < -0.4 is 20.4 Å². The largest absolute Gasteiger partial charge is 0.382 e. The summed E-state index contributed by atoms with van der Waals surface area (Å²) in [5.74, 6) is 0.640. The van der Waals surface area contributed by atoms with Gasteiger partial charge in [0.05, 0.1) is 17.9 Å². The average Bonchev–Trinajstić information content (AvgIpc) is 3.89. The topological polar surface area (TPSA) is 128 Å². The van der Waals surface area contributed by atoms with E-state index in [1.165, 1.54) is 6.07 Å². The van der Waals surface area contributed by atoms with Gasteiger partial charge < -0.3 is 20.0 Å². The molecule has 3 saturated heterocycles. The van der Waals surface area contributed by atoms with Gasteiger partial charge in [0.15, 0.2) is 5.65 Å². The van der Waals surface area contributed by atoms with Crippen molar-refractivity contribution in [2.24, 2.45) is 0 Å². The molecule has 0 saturated carbocycles. The maximum absolute atomic E-state index is 14.1. The molecule has 264 valence electrons. The molecule has 0 bridgehead atoms. The van der Waals surface area contributed by atoms with Crippen LogP contribution in [0.2, 0.25) is 0 Å². The van der Waals surface area contributed by atoms with Crippen LogP contribution in [-0.2, 0) is 16.1 Å². The summed E-state index contributed by atoms with van der Waals surface area (Å²) in [5.41, 5.74) is 5.74. The molecule has 0 spiro atoms. The van der Waals surface area contributed by atoms with Gasteiger partial charge in [0.2, 0.25) is 11.8 Å². The number of carbonyl (C=O) groups excluding carboxylic acids is 3. The molecule has 12 nitrogen and oxygen atoms in total. The third kappa shape index (κ3) is 5.89. The van der Waals surface area contributed by atoms with Crippen LogP contribution >= 0.6 is 0 Å². The van der Waals surface area contributed by atoms with E-state index in [9.17, 15) is 18.8 Å². The number of fused-ring (bicyclic) bond motifs is 2. The zero-order valence-electron chi connectivity index (χ0n) is 28.5. The summed E-state index contributed by atoms with van der Waals surface area (Å²) in [5, 5.41) is 11.0. The minimum Gasteiger partial charge on any atom is -0.382 e. The summed E-state index contributed by atoms with van der Waals surface area (Å²) < 4.78 is 15.9. The van der Waals surface area contributed by atoms with Crippen molar-refractivity contribution in [1.82, 2.24) is 29.8 Å². The molecular formula is C39H38FN9O3. The lowest BCUT2D eigenvalue weighted by atomic mass is 10.0. The van der Waals surface area contributed by atoms with Crippen LogP contribution in [0.3, 0.4) is 0 Å². The van der Waals surface area contributed by atoms with Crippen molar-refractivity contribution in [3.05, 3.63) is 102 Å². The van der Waals surface area contributed by atoms with Crippen molar-refractivity contribution >= 4 is 40.7 Å². The minimum atomic E-state index is -0.623. The fourth-order valence-corrected chi connectivity index (χ4v) is 8.19. The van der Waals surface area contributed by atoms with Crippen molar-refractivity contribution in [1.29, 1.82) is 0 Å². The second-order valence-corrected chi connectivity index (χ2v) is 14.1. The van der Waals surface area contributed by atoms with Gasteiger partial charge in [0.1, 0.15) is 29.2 Å².